The average molecular weight is 310 g/mol. The van der Waals surface area contributed by atoms with Crippen LogP contribution in [0.5, 0.6) is 0 Å². The van der Waals surface area contributed by atoms with Gasteiger partial charge in [-0.05, 0) is 43.6 Å². The van der Waals surface area contributed by atoms with Crippen LogP contribution in [0.1, 0.15) is 24.0 Å². The third kappa shape index (κ3) is 2.17. The number of piperidine rings is 1. The number of benzene rings is 2. The Balaban J connectivity index is 1.80. The van der Waals surface area contributed by atoms with Crippen LogP contribution < -0.4 is 10.2 Å². The second-order valence-corrected chi connectivity index (χ2v) is 6.34. The van der Waals surface area contributed by atoms with E-state index in [9.17, 15) is 9.18 Å². The summed E-state index contributed by atoms with van der Waals surface area (Å²) in [6.07, 6.45) is 1.32. The fourth-order valence-electron chi connectivity index (χ4n) is 3.93. The highest BCUT2D eigenvalue weighted by Crippen LogP contribution is 2.48. The van der Waals surface area contributed by atoms with Gasteiger partial charge in [-0.2, -0.15) is 0 Å². The van der Waals surface area contributed by atoms with Crippen LogP contribution in [-0.4, -0.2) is 19.0 Å². The van der Waals surface area contributed by atoms with Crippen molar-refractivity contribution in [3.63, 3.8) is 0 Å². The van der Waals surface area contributed by atoms with Gasteiger partial charge >= 0.3 is 0 Å². The molecule has 2 aromatic rings. The van der Waals surface area contributed by atoms with Gasteiger partial charge in [0.25, 0.3) is 0 Å². The highest BCUT2D eigenvalue weighted by Gasteiger charge is 2.52. The topological polar surface area (TPSA) is 32.3 Å². The Morgan fingerprint density at radius 2 is 1.78 bits per heavy atom. The minimum atomic E-state index is -0.694. The van der Waals surface area contributed by atoms with Gasteiger partial charge in [-0.25, -0.2) is 4.39 Å². The van der Waals surface area contributed by atoms with Crippen molar-refractivity contribution in [2.24, 2.45) is 0 Å². The van der Waals surface area contributed by atoms with Crippen molar-refractivity contribution in [3.05, 3.63) is 65.5 Å². The zero-order valence-corrected chi connectivity index (χ0v) is 12.9. The van der Waals surface area contributed by atoms with Gasteiger partial charge < -0.3 is 10.2 Å². The lowest BCUT2D eigenvalue weighted by Crippen LogP contribution is -2.47. The molecule has 1 spiro atoms. The molecule has 0 atom stereocenters. The number of nitrogens with zero attached hydrogens (tertiary/aromatic N) is 1. The Hall–Kier alpha value is -2.20. The maximum atomic E-state index is 14.6. The Kier molecular flexibility index (Phi) is 3.42. The van der Waals surface area contributed by atoms with Crippen LogP contribution in [0.2, 0.25) is 0 Å². The minimum Gasteiger partial charge on any atom is -0.317 e. The largest absolute Gasteiger partial charge is 0.317 e. The zero-order chi connectivity index (χ0) is 15.9. The predicted molar refractivity (Wildman–Crippen MR) is 87.8 cm³/mol. The highest BCUT2D eigenvalue weighted by molar-refractivity contribution is 6.08. The zero-order valence-electron chi connectivity index (χ0n) is 12.9. The van der Waals surface area contributed by atoms with Gasteiger partial charge in [0.1, 0.15) is 5.82 Å². The van der Waals surface area contributed by atoms with Crippen molar-refractivity contribution in [1.29, 1.82) is 0 Å². The summed E-state index contributed by atoms with van der Waals surface area (Å²) in [6.45, 7) is 1.99. The first-order valence-corrected chi connectivity index (χ1v) is 8.08. The van der Waals surface area contributed by atoms with Crippen LogP contribution in [0.4, 0.5) is 10.1 Å². The van der Waals surface area contributed by atoms with Crippen molar-refractivity contribution in [3.8, 4) is 0 Å². The van der Waals surface area contributed by atoms with Crippen LogP contribution in [-0.2, 0) is 16.8 Å². The summed E-state index contributed by atoms with van der Waals surface area (Å²) in [5.74, 6) is -0.212. The fraction of sp³-hybridized carbons (Fsp3) is 0.316. The molecule has 2 heterocycles. The van der Waals surface area contributed by atoms with E-state index in [-0.39, 0.29) is 11.7 Å². The summed E-state index contributed by atoms with van der Waals surface area (Å²) in [4.78, 5) is 15.0. The molecule has 1 amide bonds. The first kappa shape index (κ1) is 14.4. The number of nitrogens with one attached hydrogen (secondary N) is 1. The average Bonchev–Trinajstić information content (AvgIpc) is 2.80. The summed E-state index contributed by atoms with van der Waals surface area (Å²) in [7, 11) is 0. The Bertz CT molecular complexity index is 738. The van der Waals surface area contributed by atoms with E-state index in [4.69, 9.17) is 0 Å². The molecular weight excluding hydrogens is 291 g/mol. The van der Waals surface area contributed by atoms with Crippen LogP contribution in [0.3, 0.4) is 0 Å². The molecule has 1 saturated heterocycles. The number of anilines is 1. The van der Waals surface area contributed by atoms with Crippen molar-refractivity contribution < 1.29 is 9.18 Å². The van der Waals surface area contributed by atoms with Gasteiger partial charge in [-0.1, -0.05) is 36.4 Å². The summed E-state index contributed by atoms with van der Waals surface area (Å²) in [5.41, 5.74) is 1.70. The molecule has 118 valence electrons. The molecular formula is C19H19FN2O. The number of carbonyl (C=O) groups is 1. The van der Waals surface area contributed by atoms with Gasteiger partial charge in [-0.15, -0.1) is 0 Å². The van der Waals surface area contributed by atoms with Crippen LogP contribution in [0, 0.1) is 5.82 Å². The van der Waals surface area contributed by atoms with Gasteiger partial charge in [-0.3, -0.25) is 4.79 Å². The molecule has 23 heavy (non-hydrogen) atoms. The van der Waals surface area contributed by atoms with Crippen LogP contribution >= 0.6 is 0 Å². The molecule has 0 radical (unpaired) electrons. The number of fused-ring (bicyclic) bond motifs is 2. The molecule has 0 unspecified atom stereocenters. The molecule has 0 saturated carbocycles. The van der Waals surface area contributed by atoms with Crippen LogP contribution in [0.25, 0.3) is 0 Å². The number of hydrogen-bond donors (Lipinski definition) is 1. The normalized spacial score (nSPS) is 19.2. The number of carbonyl (C=O) groups excluding carboxylic acids is 1. The van der Waals surface area contributed by atoms with E-state index in [2.05, 4.69) is 5.32 Å². The minimum absolute atomic E-state index is 0.0444. The number of hydrogen-bond acceptors (Lipinski definition) is 2. The molecule has 4 heteroatoms. The molecule has 2 aliphatic rings. The van der Waals surface area contributed by atoms with E-state index >= 15 is 0 Å². The summed E-state index contributed by atoms with van der Waals surface area (Å²) < 4.78 is 14.6. The van der Waals surface area contributed by atoms with E-state index in [1.807, 2.05) is 36.4 Å². The second kappa shape index (κ2) is 5.46. The first-order valence-electron chi connectivity index (χ1n) is 8.08. The number of amides is 1. The molecule has 2 aromatic carbocycles. The van der Waals surface area contributed by atoms with E-state index < -0.39 is 5.41 Å². The van der Waals surface area contributed by atoms with Crippen LogP contribution in [0.15, 0.2) is 48.5 Å². The van der Waals surface area contributed by atoms with Gasteiger partial charge in [0.2, 0.25) is 5.91 Å². The Labute approximate surface area is 135 Å². The molecule has 1 fully saturated rings. The van der Waals surface area contributed by atoms with Gasteiger partial charge in [0.15, 0.2) is 0 Å². The molecule has 0 bridgehead atoms. The summed E-state index contributed by atoms with van der Waals surface area (Å²) in [5, 5.41) is 3.28. The van der Waals surface area contributed by atoms with E-state index in [1.54, 1.807) is 11.0 Å². The number of halogens is 1. The maximum Gasteiger partial charge on any atom is 0.238 e. The van der Waals surface area contributed by atoms with Gasteiger partial charge in [0.05, 0.1) is 17.6 Å². The second-order valence-electron chi connectivity index (χ2n) is 6.34. The quantitative estimate of drug-likeness (QED) is 0.925. The lowest BCUT2D eigenvalue weighted by molar-refractivity contribution is -0.124. The first-order chi connectivity index (χ1) is 11.2. The third-order valence-corrected chi connectivity index (χ3v) is 5.06. The van der Waals surface area contributed by atoms with Gasteiger partial charge in [0, 0.05) is 5.56 Å². The van der Waals surface area contributed by atoms with Crippen molar-refractivity contribution in [2.45, 2.75) is 24.8 Å². The number of rotatable bonds is 2. The SMILES string of the molecule is O=C1N(Cc2ccccc2)c2cccc(F)c2C12CCNCC2. The third-order valence-electron chi connectivity index (χ3n) is 5.06. The highest BCUT2D eigenvalue weighted by atomic mass is 19.1. The van der Waals surface area contributed by atoms with E-state index in [0.29, 0.717) is 24.9 Å². The standard InChI is InChI=1S/C19H19FN2O/c20-15-7-4-8-16-17(15)19(9-11-21-12-10-19)18(23)22(16)13-14-5-2-1-3-6-14/h1-8,21H,9-13H2. The maximum absolute atomic E-state index is 14.6. The Morgan fingerprint density at radius 3 is 2.52 bits per heavy atom. The lowest BCUT2D eigenvalue weighted by Gasteiger charge is -2.33. The van der Waals surface area contributed by atoms with Crippen molar-refractivity contribution >= 4 is 11.6 Å². The smallest absolute Gasteiger partial charge is 0.238 e. The summed E-state index contributed by atoms with van der Waals surface area (Å²) in [6, 6.07) is 14.9. The fourth-order valence-corrected chi connectivity index (χ4v) is 3.93. The molecule has 3 nitrogen and oxygen atoms in total. The van der Waals surface area contributed by atoms with Crippen molar-refractivity contribution in [2.75, 3.05) is 18.0 Å². The summed E-state index contributed by atoms with van der Waals surface area (Å²) >= 11 is 0. The molecule has 2 aliphatic heterocycles. The molecule has 4 rings (SSSR count). The van der Waals surface area contributed by atoms with E-state index in [0.717, 1.165) is 24.3 Å². The monoisotopic (exact) mass is 310 g/mol. The predicted octanol–water partition coefficient (Wildman–Crippen LogP) is 2.99. The molecule has 1 N–H and O–H groups in total. The van der Waals surface area contributed by atoms with E-state index in [1.165, 1.54) is 6.07 Å². The lowest BCUT2D eigenvalue weighted by atomic mass is 9.74. The molecule has 0 aromatic heterocycles. The Morgan fingerprint density at radius 1 is 1.04 bits per heavy atom. The van der Waals surface area contributed by atoms with Crippen molar-refractivity contribution in [1.82, 2.24) is 5.32 Å². The molecule has 0 aliphatic carbocycles.